The SMILES string of the molecule is O=C(CN1CCN(C(=O)c2cccs2)CC1)c1ccc(Cl)cc1. The number of benzene rings is 1. The van der Waals surface area contributed by atoms with Gasteiger partial charge in [0.1, 0.15) is 0 Å². The average Bonchev–Trinajstić information content (AvgIpc) is 3.10. The van der Waals surface area contributed by atoms with Crippen molar-refractivity contribution in [1.29, 1.82) is 0 Å². The molecule has 1 aliphatic rings. The molecule has 0 N–H and O–H groups in total. The summed E-state index contributed by atoms with van der Waals surface area (Å²) in [6, 6.07) is 10.7. The summed E-state index contributed by atoms with van der Waals surface area (Å²) in [4.78, 5) is 29.3. The predicted octanol–water partition coefficient (Wildman–Crippen LogP) is 3.04. The van der Waals surface area contributed by atoms with Crippen LogP contribution in [0, 0.1) is 0 Å². The van der Waals surface area contributed by atoms with Crippen molar-refractivity contribution in [3.63, 3.8) is 0 Å². The standard InChI is InChI=1S/C17H17ClN2O2S/c18-14-5-3-13(4-6-14)15(21)12-19-7-9-20(10-8-19)17(22)16-2-1-11-23-16/h1-6,11H,7-10,12H2. The second kappa shape index (κ2) is 7.25. The fourth-order valence-electron chi connectivity index (χ4n) is 2.60. The van der Waals surface area contributed by atoms with Crippen LogP contribution in [0.4, 0.5) is 0 Å². The Hall–Kier alpha value is -1.69. The lowest BCUT2D eigenvalue weighted by Crippen LogP contribution is -2.49. The average molecular weight is 349 g/mol. The Bertz CT molecular complexity index is 677. The van der Waals surface area contributed by atoms with Crippen molar-refractivity contribution in [2.45, 2.75) is 0 Å². The third-order valence-electron chi connectivity index (χ3n) is 3.92. The van der Waals surface area contributed by atoms with Crippen LogP contribution in [0.2, 0.25) is 5.02 Å². The number of Topliss-reactive ketones (excluding diaryl/α,β-unsaturated/α-hetero) is 1. The first kappa shape index (κ1) is 16.2. The molecular weight excluding hydrogens is 332 g/mol. The molecule has 1 aromatic heterocycles. The van der Waals surface area contributed by atoms with E-state index in [9.17, 15) is 9.59 Å². The number of thiophene rings is 1. The molecule has 6 heteroatoms. The monoisotopic (exact) mass is 348 g/mol. The fourth-order valence-corrected chi connectivity index (χ4v) is 3.41. The third-order valence-corrected chi connectivity index (χ3v) is 5.03. The Morgan fingerprint density at radius 2 is 1.74 bits per heavy atom. The first-order valence-corrected chi connectivity index (χ1v) is 8.73. The molecule has 23 heavy (non-hydrogen) atoms. The van der Waals surface area contributed by atoms with Crippen LogP contribution in [0.1, 0.15) is 20.0 Å². The van der Waals surface area contributed by atoms with Crippen LogP contribution in [-0.2, 0) is 0 Å². The Morgan fingerprint density at radius 1 is 1.04 bits per heavy atom. The van der Waals surface area contributed by atoms with Crippen molar-refractivity contribution in [3.05, 3.63) is 57.2 Å². The van der Waals surface area contributed by atoms with Gasteiger partial charge in [-0.3, -0.25) is 14.5 Å². The number of hydrogen-bond donors (Lipinski definition) is 0. The lowest BCUT2D eigenvalue weighted by atomic mass is 10.1. The van der Waals surface area contributed by atoms with Gasteiger partial charge < -0.3 is 4.90 Å². The number of hydrogen-bond acceptors (Lipinski definition) is 4. The van der Waals surface area contributed by atoms with Gasteiger partial charge in [0.15, 0.2) is 5.78 Å². The summed E-state index contributed by atoms with van der Waals surface area (Å²) in [5.74, 6) is 0.170. The second-order valence-corrected chi connectivity index (χ2v) is 6.86. The largest absolute Gasteiger partial charge is 0.335 e. The van der Waals surface area contributed by atoms with E-state index in [0.717, 1.165) is 18.0 Å². The van der Waals surface area contributed by atoms with Crippen LogP contribution in [0.15, 0.2) is 41.8 Å². The molecule has 1 aliphatic heterocycles. The van der Waals surface area contributed by atoms with E-state index in [4.69, 9.17) is 11.6 Å². The first-order valence-electron chi connectivity index (χ1n) is 7.47. The zero-order chi connectivity index (χ0) is 16.2. The Labute approximate surface area is 144 Å². The van der Waals surface area contributed by atoms with Gasteiger partial charge in [-0.15, -0.1) is 11.3 Å². The third kappa shape index (κ3) is 3.99. The quantitative estimate of drug-likeness (QED) is 0.797. The molecule has 0 unspecified atom stereocenters. The predicted molar refractivity (Wildman–Crippen MR) is 92.4 cm³/mol. The van der Waals surface area contributed by atoms with Gasteiger partial charge in [0.05, 0.1) is 11.4 Å². The minimum absolute atomic E-state index is 0.0831. The summed E-state index contributed by atoms with van der Waals surface area (Å²) in [6.07, 6.45) is 0. The highest BCUT2D eigenvalue weighted by Gasteiger charge is 2.23. The minimum Gasteiger partial charge on any atom is -0.335 e. The molecule has 1 saturated heterocycles. The van der Waals surface area contributed by atoms with E-state index in [-0.39, 0.29) is 11.7 Å². The number of piperazine rings is 1. The van der Waals surface area contributed by atoms with Crippen molar-refractivity contribution in [2.24, 2.45) is 0 Å². The van der Waals surface area contributed by atoms with Gasteiger partial charge in [-0.05, 0) is 35.7 Å². The van der Waals surface area contributed by atoms with Crippen molar-refractivity contribution in [2.75, 3.05) is 32.7 Å². The van der Waals surface area contributed by atoms with Crippen LogP contribution in [0.5, 0.6) is 0 Å². The molecular formula is C17H17ClN2O2S. The van der Waals surface area contributed by atoms with E-state index in [1.807, 2.05) is 22.4 Å². The molecule has 3 rings (SSSR count). The van der Waals surface area contributed by atoms with E-state index in [0.29, 0.717) is 30.2 Å². The molecule has 0 aliphatic carbocycles. The van der Waals surface area contributed by atoms with Crippen LogP contribution >= 0.6 is 22.9 Å². The van der Waals surface area contributed by atoms with Crippen molar-refractivity contribution in [3.8, 4) is 0 Å². The summed E-state index contributed by atoms with van der Waals surface area (Å²) in [5, 5.41) is 2.54. The van der Waals surface area contributed by atoms with Crippen molar-refractivity contribution < 1.29 is 9.59 Å². The number of amides is 1. The highest BCUT2D eigenvalue weighted by molar-refractivity contribution is 7.12. The molecule has 0 atom stereocenters. The number of ketones is 1. The van der Waals surface area contributed by atoms with E-state index < -0.39 is 0 Å². The van der Waals surface area contributed by atoms with Gasteiger partial charge in [0.25, 0.3) is 5.91 Å². The molecule has 0 bridgehead atoms. The molecule has 0 radical (unpaired) electrons. The molecule has 2 aromatic rings. The van der Waals surface area contributed by atoms with Gasteiger partial charge in [-0.25, -0.2) is 0 Å². The minimum atomic E-state index is 0.0831. The fraction of sp³-hybridized carbons (Fsp3) is 0.294. The zero-order valence-corrected chi connectivity index (χ0v) is 14.1. The number of carbonyl (C=O) groups is 2. The lowest BCUT2D eigenvalue weighted by Gasteiger charge is -2.34. The Balaban J connectivity index is 1.52. The molecule has 2 heterocycles. The summed E-state index contributed by atoms with van der Waals surface area (Å²) in [7, 11) is 0. The number of nitrogens with zero attached hydrogens (tertiary/aromatic N) is 2. The van der Waals surface area contributed by atoms with E-state index in [2.05, 4.69) is 4.90 Å². The normalized spacial score (nSPS) is 15.6. The van der Waals surface area contributed by atoms with E-state index in [1.54, 1.807) is 24.3 Å². The van der Waals surface area contributed by atoms with Crippen molar-refractivity contribution >= 4 is 34.6 Å². The molecule has 1 fully saturated rings. The maximum absolute atomic E-state index is 12.3. The van der Waals surface area contributed by atoms with Crippen LogP contribution in [-0.4, -0.2) is 54.2 Å². The summed E-state index contributed by atoms with van der Waals surface area (Å²) in [6.45, 7) is 3.13. The number of halogens is 1. The second-order valence-electron chi connectivity index (χ2n) is 5.48. The topological polar surface area (TPSA) is 40.6 Å². The smallest absolute Gasteiger partial charge is 0.264 e. The molecule has 0 saturated carbocycles. The van der Waals surface area contributed by atoms with Gasteiger partial charge in [0.2, 0.25) is 0 Å². The maximum Gasteiger partial charge on any atom is 0.264 e. The van der Waals surface area contributed by atoms with Gasteiger partial charge in [-0.2, -0.15) is 0 Å². The lowest BCUT2D eigenvalue weighted by molar-refractivity contribution is 0.0629. The highest BCUT2D eigenvalue weighted by atomic mass is 35.5. The van der Waals surface area contributed by atoms with Gasteiger partial charge >= 0.3 is 0 Å². The number of rotatable bonds is 4. The molecule has 4 nitrogen and oxygen atoms in total. The van der Waals surface area contributed by atoms with E-state index in [1.165, 1.54) is 11.3 Å². The summed E-state index contributed by atoms with van der Waals surface area (Å²) >= 11 is 7.30. The first-order chi connectivity index (χ1) is 11.1. The summed E-state index contributed by atoms with van der Waals surface area (Å²) in [5.41, 5.74) is 0.673. The Kier molecular flexibility index (Phi) is 5.10. The molecule has 1 aromatic carbocycles. The van der Waals surface area contributed by atoms with Crippen molar-refractivity contribution in [1.82, 2.24) is 9.80 Å². The van der Waals surface area contributed by atoms with Crippen LogP contribution < -0.4 is 0 Å². The maximum atomic E-state index is 12.3. The van der Waals surface area contributed by atoms with Crippen LogP contribution in [0.3, 0.4) is 0 Å². The zero-order valence-electron chi connectivity index (χ0n) is 12.6. The van der Waals surface area contributed by atoms with E-state index >= 15 is 0 Å². The van der Waals surface area contributed by atoms with Gasteiger partial charge in [0, 0.05) is 36.8 Å². The van der Waals surface area contributed by atoms with Crippen LogP contribution in [0.25, 0.3) is 0 Å². The highest BCUT2D eigenvalue weighted by Crippen LogP contribution is 2.15. The number of carbonyl (C=O) groups excluding carboxylic acids is 2. The molecule has 1 amide bonds. The summed E-state index contributed by atoms with van der Waals surface area (Å²) < 4.78 is 0. The van der Waals surface area contributed by atoms with Gasteiger partial charge in [-0.1, -0.05) is 17.7 Å². The Morgan fingerprint density at radius 3 is 2.35 bits per heavy atom. The molecule has 0 spiro atoms. The molecule has 120 valence electrons.